The molecule has 1 aromatic carbocycles. The molecule has 0 aliphatic rings. The molecule has 0 radical (unpaired) electrons. The highest BCUT2D eigenvalue weighted by atomic mass is 79.9. The molecular formula is C12H18BrNO. The number of benzene rings is 1. The van der Waals surface area contributed by atoms with E-state index in [1.807, 2.05) is 24.3 Å². The average molecular weight is 272 g/mol. The molecule has 0 aliphatic carbocycles. The van der Waals surface area contributed by atoms with Gasteiger partial charge in [0.05, 0.1) is 6.10 Å². The second kappa shape index (κ2) is 6.26. The maximum atomic E-state index is 9.96. The van der Waals surface area contributed by atoms with Gasteiger partial charge in [0.2, 0.25) is 0 Å². The summed E-state index contributed by atoms with van der Waals surface area (Å²) in [5.41, 5.74) is 6.82. The predicted molar refractivity (Wildman–Crippen MR) is 66.9 cm³/mol. The van der Waals surface area contributed by atoms with Crippen molar-refractivity contribution in [3.8, 4) is 0 Å². The van der Waals surface area contributed by atoms with Crippen LogP contribution in [0.1, 0.15) is 31.2 Å². The van der Waals surface area contributed by atoms with Crippen molar-refractivity contribution in [1.82, 2.24) is 0 Å². The van der Waals surface area contributed by atoms with E-state index in [2.05, 4.69) is 22.9 Å². The summed E-state index contributed by atoms with van der Waals surface area (Å²) < 4.78 is 1.03. The van der Waals surface area contributed by atoms with Crippen LogP contribution >= 0.6 is 15.9 Å². The Labute approximate surface area is 99.6 Å². The average Bonchev–Trinajstić information content (AvgIpc) is 2.19. The van der Waals surface area contributed by atoms with Crippen molar-refractivity contribution < 1.29 is 5.11 Å². The predicted octanol–water partition coefficient (Wildman–Crippen LogP) is 2.65. The Morgan fingerprint density at radius 3 is 2.73 bits per heavy atom. The highest BCUT2D eigenvalue weighted by Gasteiger charge is 2.18. The smallest absolute Gasteiger partial charge is 0.0620 e. The number of halogens is 1. The van der Waals surface area contributed by atoms with Crippen molar-refractivity contribution in [2.24, 2.45) is 5.73 Å². The summed E-state index contributed by atoms with van der Waals surface area (Å²) in [6.45, 7) is 2.55. The lowest BCUT2D eigenvalue weighted by molar-refractivity contribution is 0.135. The molecule has 0 fully saturated rings. The van der Waals surface area contributed by atoms with Crippen LogP contribution < -0.4 is 5.73 Å². The van der Waals surface area contributed by atoms with Crippen LogP contribution in [0.2, 0.25) is 0 Å². The molecule has 3 heteroatoms. The first-order valence-electron chi connectivity index (χ1n) is 5.32. The third-order valence-electron chi connectivity index (χ3n) is 2.58. The fourth-order valence-electron chi connectivity index (χ4n) is 1.75. The van der Waals surface area contributed by atoms with Crippen LogP contribution in [0.15, 0.2) is 28.7 Å². The molecule has 15 heavy (non-hydrogen) atoms. The van der Waals surface area contributed by atoms with Gasteiger partial charge in [0.25, 0.3) is 0 Å². The van der Waals surface area contributed by atoms with E-state index >= 15 is 0 Å². The fourth-order valence-corrected chi connectivity index (χ4v) is 2.17. The lowest BCUT2D eigenvalue weighted by atomic mass is 9.91. The SMILES string of the molecule is CCCC(O)C(CN)c1cccc(Br)c1. The third kappa shape index (κ3) is 3.59. The summed E-state index contributed by atoms with van der Waals surface area (Å²) in [6, 6.07) is 7.99. The van der Waals surface area contributed by atoms with Crippen molar-refractivity contribution in [1.29, 1.82) is 0 Å². The maximum Gasteiger partial charge on any atom is 0.0620 e. The highest BCUT2D eigenvalue weighted by molar-refractivity contribution is 9.10. The molecule has 0 saturated heterocycles. The number of hydrogen-bond acceptors (Lipinski definition) is 2. The molecule has 1 aromatic rings. The zero-order valence-corrected chi connectivity index (χ0v) is 10.6. The van der Waals surface area contributed by atoms with Crippen molar-refractivity contribution in [2.75, 3.05) is 6.54 Å². The van der Waals surface area contributed by atoms with Gasteiger partial charge < -0.3 is 10.8 Å². The highest BCUT2D eigenvalue weighted by Crippen LogP contribution is 2.24. The van der Waals surface area contributed by atoms with Crippen molar-refractivity contribution >= 4 is 15.9 Å². The summed E-state index contributed by atoms with van der Waals surface area (Å²) >= 11 is 3.43. The Morgan fingerprint density at radius 2 is 2.20 bits per heavy atom. The van der Waals surface area contributed by atoms with E-state index in [1.54, 1.807) is 0 Å². The number of nitrogens with two attached hydrogens (primary N) is 1. The van der Waals surface area contributed by atoms with Crippen molar-refractivity contribution in [2.45, 2.75) is 31.8 Å². The monoisotopic (exact) mass is 271 g/mol. The molecule has 0 aliphatic heterocycles. The minimum atomic E-state index is -0.339. The van der Waals surface area contributed by atoms with Gasteiger partial charge in [-0.05, 0) is 24.1 Å². The van der Waals surface area contributed by atoms with Crippen LogP contribution in [0.3, 0.4) is 0 Å². The molecule has 0 aromatic heterocycles. The van der Waals surface area contributed by atoms with Gasteiger partial charge in [-0.2, -0.15) is 0 Å². The Balaban J connectivity index is 2.82. The number of hydrogen-bond donors (Lipinski definition) is 2. The summed E-state index contributed by atoms with van der Waals surface area (Å²) in [4.78, 5) is 0. The molecule has 2 unspecified atom stereocenters. The third-order valence-corrected chi connectivity index (χ3v) is 3.07. The summed E-state index contributed by atoms with van der Waals surface area (Å²) in [6.07, 6.45) is 1.44. The molecule has 2 atom stereocenters. The largest absolute Gasteiger partial charge is 0.392 e. The van der Waals surface area contributed by atoms with E-state index in [0.717, 1.165) is 22.9 Å². The van der Waals surface area contributed by atoms with Crippen LogP contribution in [0.25, 0.3) is 0 Å². The van der Waals surface area contributed by atoms with Gasteiger partial charge in [0.15, 0.2) is 0 Å². The Bertz CT molecular complexity index is 303. The van der Waals surface area contributed by atoms with E-state index in [-0.39, 0.29) is 12.0 Å². The molecule has 0 saturated carbocycles. The van der Waals surface area contributed by atoms with Gasteiger partial charge in [-0.1, -0.05) is 41.4 Å². The van der Waals surface area contributed by atoms with Crippen molar-refractivity contribution in [3.05, 3.63) is 34.3 Å². The Morgan fingerprint density at radius 1 is 1.47 bits per heavy atom. The van der Waals surface area contributed by atoms with Gasteiger partial charge in [0.1, 0.15) is 0 Å². The molecule has 2 nitrogen and oxygen atoms in total. The standard InChI is InChI=1S/C12H18BrNO/c1-2-4-12(15)11(8-14)9-5-3-6-10(13)7-9/h3,5-7,11-12,15H,2,4,8,14H2,1H3. The lowest BCUT2D eigenvalue weighted by Gasteiger charge is -2.21. The number of aliphatic hydroxyl groups excluding tert-OH is 1. The van der Waals surface area contributed by atoms with Crippen molar-refractivity contribution in [3.63, 3.8) is 0 Å². The van der Waals surface area contributed by atoms with Gasteiger partial charge in [0, 0.05) is 16.9 Å². The van der Waals surface area contributed by atoms with Gasteiger partial charge in [-0.25, -0.2) is 0 Å². The van der Waals surface area contributed by atoms with Crippen LogP contribution in [0.5, 0.6) is 0 Å². The zero-order chi connectivity index (χ0) is 11.3. The van der Waals surface area contributed by atoms with Gasteiger partial charge >= 0.3 is 0 Å². The molecule has 0 amide bonds. The molecule has 0 bridgehead atoms. The van der Waals surface area contributed by atoms with E-state index in [9.17, 15) is 5.11 Å². The molecule has 3 N–H and O–H groups in total. The van der Waals surface area contributed by atoms with Gasteiger partial charge in [-0.3, -0.25) is 0 Å². The van der Waals surface area contributed by atoms with E-state index in [0.29, 0.717) is 6.54 Å². The van der Waals surface area contributed by atoms with E-state index in [4.69, 9.17) is 5.73 Å². The summed E-state index contributed by atoms with van der Waals surface area (Å²) in [5, 5.41) is 9.96. The van der Waals surface area contributed by atoms with Crippen LogP contribution in [0.4, 0.5) is 0 Å². The van der Waals surface area contributed by atoms with E-state index < -0.39 is 0 Å². The molecule has 0 heterocycles. The normalized spacial score (nSPS) is 14.9. The van der Waals surface area contributed by atoms with Crippen LogP contribution in [0, 0.1) is 0 Å². The maximum absolute atomic E-state index is 9.96. The second-order valence-corrected chi connectivity index (χ2v) is 4.67. The van der Waals surface area contributed by atoms with E-state index in [1.165, 1.54) is 0 Å². The lowest BCUT2D eigenvalue weighted by Crippen LogP contribution is -2.25. The summed E-state index contributed by atoms with van der Waals surface area (Å²) in [5.74, 6) is 0.0439. The molecular weight excluding hydrogens is 254 g/mol. The minimum absolute atomic E-state index is 0.0439. The fraction of sp³-hybridized carbons (Fsp3) is 0.500. The molecule has 0 spiro atoms. The second-order valence-electron chi connectivity index (χ2n) is 3.75. The van der Waals surface area contributed by atoms with Gasteiger partial charge in [-0.15, -0.1) is 0 Å². The Hall–Kier alpha value is -0.380. The number of aliphatic hydroxyl groups is 1. The zero-order valence-electron chi connectivity index (χ0n) is 8.99. The van der Waals surface area contributed by atoms with Crippen LogP contribution in [-0.2, 0) is 0 Å². The van der Waals surface area contributed by atoms with Crippen LogP contribution in [-0.4, -0.2) is 17.8 Å². The number of rotatable bonds is 5. The first-order valence-corrected chi connectivity index (χ1v) is 6.12. The Kier molecular flexibility index (Phi) is 5.29. The molecule has 1 rings (SSSR count). The molecule has 84 valence electrons. The first-order chi connectivity index (χ1) is 7.19. The minimum Gasteiger partial charge on any atom is -0.392 e. The first kappa shape index (κ1) is 12.7. The topological polar surface area (TPSA) is 46.2 Å². The summed E-state index contributed by atoms with van der Waals surface area (Å²) in [7, 11) is 0. The quantitative estimate of drug-likeness (QED) is 0.865.